The first-order valence-electron chi connectivity index (χ1n) is 6.70. The molecule has 0 amide bonds. The molecule has 0 N–H and O–H groups in total. The number of unbranched alkanes of at least 4 members (excludes halogenated alkanes) is 3. The van der Waals surface area contributed by atoms with Crippen LogP contribution < -0.4 is 4.74 Å². The van der Waals surface area contributed by atoms with Gasteiger partial charge >= 0.3 is 0 Å². The minimum Gasteiger partial charge on any atom is -0.474 e. The second kappa shape index (κ2) is 7.05. The van der Waals surface area contributed by atoms with Crippen molar-refractivity contribution in [2.45, 2.75) is 59.0 Å². The summed E-state index contributed by atoms with van der Waals surface area (Å²) in [6.07, 6.45) is 6.10. The van der Waals surface area contributed by atoms with E-state index in [1.165, 1.54) is 25.7 Å². The van der Waals surface area contributed by atoms with Crippen LogP contribution in [0.15, 0.2) is 0 Å². The van der Waals surface area contributed by atoms with Gasteiger partial charge in [0.1, 0.15) is 11.6 Å². The van der Waals surface area contributed by atoms with Crippen LogP contribution >= 0.6 is 0 Å². The van der Waals surface area contributed by atoms with Crippen LogP contribution in [-0.2, 0) is 7.05 Å². The van der Waals surface area contributed by atoms with E-state index < -0.39 is 0 Å². The van der Waals surface area contributed by atoms with Gasteiger partial charge in [-0.2, -0.15) is 10.4 Å². The van der Waals surface area contributed by atoms with Crippen LogP contribution in [0, 0.1) is 18.3 Å². The highest BCUT2D eigenvalue weighted by atomic mass is 16.5. The van der Waals surface area contributed by atoms with Crippen molar-refractivity contribution in [1.29, 1.82) is 5.26 Å². The molecule has 4 nitrogen and oxygen atoms in total. The fraction of sp³-hybridized carbons (Fsp3) is 0.714. The molecule has 0 aromatic carbocycles. The van der Waals surface area contributed by atoms with Gasteiger partial charge in [0.2, 0.25) is 5.88 Å². The molecule has 1 aromatic rings. The van der Waals surface area contributed by atoms with E-state index in [1.54, 1.807) is 4.68 Å². The standard InChI is InChI=1S/C14H23N3O/c1-5-6-7-8-9-11(2)18-14-13(10-15)12(3)16-17(14)4/h11H,5-9H2,1-4H3. The molecule has 1 unspecified atom stereocenters. The average molecular weight is 249 g/mol. The van der Waals surface area contributed by atoms with Gasteiger partial charge in [0, 0.05) is 7.05 Å². The Balaban J connectivity index is 2.54. The van der Waals surface area contributed by atoms with Crippen LogP contribution in [0.3, 0.4) is 0 Å². The van der Waals surface area contributed by atoms with Crippen LogP contribution in [0.4, 0.5) is 0 Å². The van der Waals surface area contributed by atoms with Gasteiger partial charge in [0.05, 0.1) is 11.8 Å². The summed E-state index contributed by atoms with van der Waals surface area (Å²) in [5.74, 6) is 0.595. The number of aryl methyl sites for hydroxylation is 2. The SMILES string of the molecule is CCCCCCC(C)Oc1c(C#N)c(C)nn1C. The lowest BCUT2D eigenvalue weighted by Crippen LogP contribution is -2.14. The third-order valence-electron chi connectivity index (χ3n) is 3.06. The molecule has 0 aliphatic rings. The van der Waals surface area contributed by atoms with E-state index in [0.29, 0.717) is 11.4 Å². The molecular formula is C14H23N3O. The van der Waals surface area contributed by atoms with E-state index in [0.717, 1.165) is 12.1 Å². The Hall–Kier alpha value is -1.50. The second-order valence-electron chi connectivity index (χ2n) is 4.78. The Morgan fingerprint density at radius 2 is 2.11 bits per heavy atom. The van der Waals surface area contributed by atoms with Gasteiger partial charge in [-0.3, -0.25) is 0 Å². The third kappa shape index (κ3) is 3.76. The van der Waals surface area contributed by atoms with E-state index >= 15 is 0 Å². The van der Waals surface area contributed by atoms with Crippen molar-refractivity contribution >= 4 is 0 Å². The smallest absolute Gasteiger partial charge is 0.230 e. The molecule has 0 fully saturated rings. The second-order valence-corrected chi connectivity index (χ2v) is 4.78. The number of hydrogen-bond donors (Lipinski definition) is 0. The number of nitrogens with zero attached hydrogens (tertiary/aromatic N) is 3. The zero-order chi connectivity index (χ0) is 13.5. The molecule has 0 saturated carbocycles. The Morgan fingerprint density at radius 1 is 1.39 bits per heavy atom. The van der Waals surface area contributed by atoms with Crippen LogP contribution in [0.5, 0.6) is 5.88 Å². The molecule has 1 heterocycles. The molecule has 1 rings (SSSR count). The third-order valence-corrected chi connectivity index (χ3v) is 3.06. The zero-order valence-corrected chi connectivity index (χ0v) is 11.9. The van der Waals surface area contributed by atoms with E-state index in [1.807, 2.05) is 14.0 Å². The van der Waals surface area contributed by atoms with E-state index in [2.05, 4.69) is 25.0 Å². The summed E-state index contributed by atoms with van der Waals surface area (Å²) in [6.45, 7) is 6.09. The molecule has 0 aliphatic carbocycles. The maximum Gasteiger partial charge on any atom is 0.230 e. The fourth-order valence-corrected chi connectivity index (χ4v) is 2.01. The maximum absolute atomic E-state index is 9.09. The van der Waals surface area contributed by atoms with Gasteiger partial charge in [-0.25, -0.2) is 4.68 Å². The summed E-state index contributed by atoms with van der Waals surface area (Å²) in [7, 11) is 1.81. The van der Waals surface area contributed by atoms with Gasteiger partial charge in [0.15, 0.2) is 0 Å². The highest BCUT2D eigenvalue weighted by Crippen LogP contribution is 2.22. The first-order chi connectivity index (χ1) is 8.60. The average Bonchev–Trinajstić information content (AvgIpc) is 2.59. The summed E-state index contributed by atoms with van der Waals surface area (Å²) in [4.78, 5) is 0. The van der Waals surface area contributed by atoms with Crippen molar-refractivity contribution in [3.63, 3.8) is 0 Å². The lowest BCUT2D eigenvalue weighted by atomic mass is 10.1. The number of ether oxygens (including phenoxy) is 1. The first-order valence-corrected chi connectivity index (χ1v) is 6.70. The molecule has 1 atom stereocenters. The van der Waals surface area contributed by atoms with E-state index in [9.17, 15) is 0 Å². The van der Waals surface area contributed by atoms with Crippen molar-refractivity contribution in [2.24, 2.45) is 7.05 Å². The maximum atomic E-state index is 9.09. The van der Waals surface area contributed by atoms with Crippen molar-refractivity contribution in [1.82, 2.24) is 9.78 Å². The van der Waals surface area contributed by atoms with Crippen LogP contribution in [-0.4, -0.2) is 15.9 Å². The molecule has 4 heteroatoms. The van der Waals surface area contributed by atoms with Crippen molar-refractivity contribution in [3.05, 3.63) is 11.3 Å². The first kappa shape index (κ1) is 14.6. The monoisotopic (exact) mass is 249 g/mol. The molecule has 0 saturated heterocycles. The number of rotatable bonds is 7. The number of hydrogen-bond acceptors (Lipinski definition) is 3. The molecule has 0 aliphatic heterocycles. The highest BCUT2D eigenvalue weighted by Gasteiger charge is 2.16. The van der Waals surface area contributed by atoms with Gasteiger partial charge in [0.25, 0.3) is 0 Å². The molecule has 0 radical (unpaired) electrons. The molecule has 1 aromatic heterocycles. The quantitative estimate of drug-likeness (QED) is 0.696. The van der Waals surface area contributed by atoms with E-state index in [-0.39, 0.29) is 6.10 Å². The van der Waals surface area contributed by atoms with Gasteiger partial charge in [-0.05, 0) is 26.7 Å². The molecule has 18 heavy (non-hydrogen) atoms. The van der Waals surface area contributed by atoms with Crippen molar-refractivity contribution < 1.29 is 4.74 Å². The Morgan fingerprint density at radius 3 is 2.72 bits per heavy atom. The van der Waals surface area contributed by atoms with Gasteiger partial charge in [-0.15, -0.1) is 0 Å². The van der Waals surface area contributed by atoms with Crippen LogP contribution in [0.1, 0.15) is 57.2 Å². The predicted octanol–water partition coefficient (Wildman–Crippen LogP) is 3.34. The molecule has 100 valence electrons. The zero-order valence-electron chi connectivity index (χ0n) is 11.9. The summed E-state index contributed by atoms with van der Waals surface area (Å²) < 4.78 is 7.50. The minimum absolute atomic E-state index is 0.128. The lowest BCUT2D eigenvalue weighted by molar-refractivity contribution is 0.189. The molecule has 0 spiro atoms. The van der Waals surface area contributed by atoms with Crippen LogP contribution in [0.2, 0.25) is 0 Å². The van der Waals surface area contributed by atoms with E-state index in [4.69, 9.17) is 10.00 Å². The molecule has 0 bridgehead atoms. The van der Waals surface area contributed by atoms with Crippen LogP contribution in [0.25, 0.3) is 0 Å². The van der Waals surface area contributed by atoms with Gasteiger partial charge < -0.3 is 4.74 Å². The predicted molar refractivity (Wildman–Crippen MR) is 71.5 cm³/mol. The highest BCUT2D eigenvalue weighted by molar-refractivity contribution is 5.42. The normalized spacial score (nSPS) is 12.2. The summed E-state index contributed by atoms with van der Waals surface area (Å²) in [6, 6.07) is 2.16. The number of aromatic nitrogens is 2. The fourth-order valence-electron chi connectivity index (χ4n) is 2.01. The van der Waals surface area contributed by atoms with Gasteiger partial charge in [-0.1, -0.05) is 26.2 Å². The minimum atomic E-state index is 0.128. The lowest BCUT2D eigenvalue weighted by Gasteiger charge is -2.14. The summed E-state index contributed by atoms with van der Waals surface area (Å²) in [5.41, 5.74) is 1.28. The Kier molecular flexibility index (Phi) is 5.70. The summed E-state index contributed by atoms with van der Waals surface area (Å²) >= 11 is 0. The van der Waals surface area contributed by atoms with Crippen molar-refractivity contribution in [3.8, 4) is 11.9 Å². The number of nitriles is 1. The Bertz CT molecular complexity index is 417. The summed E-state index contributed by atoms with van der Waals surface area (Å²) in [5, 5.41) is 13.3. The van der Waals surface area contributed by atoms with Crippen molar-refractivity contribution in [2.75, 3.05) is 0 Å². The topological polar surface area (TPSA) is 50.8 Å². The molecular weight excluding hydrogens is 226 g/mol. The largest absolute Gasteiger partial charge is 0.474 e. The Labute approximate surface area is 110 Å².